The van der Waals surface area contributed by atoms with Gasteiger partial charge in [0.15, 0.2) is 0 Å². The van der Waals surface area contributed by atoms with Gasteiger partial charge in [-0.3, -0.25) is 9.69 Å². The molecule has 1 amide bonds. The zero-order chi connectivity index (χ0) is 24.6. The monoisotopic (exact) mass is 499 g/mol. The Bertz CT molecular complexity index is 1190. The topological polar surface area (TPSA) is 99.2 Å². The van der Waals surface area contributed by atoms with Gasteiger partial charge in [0.2, 0.25) is 15.9 Å². The Morgan fingerprint density at radius 2 is 1.80 bits per heavy atom. The van der Waals surface area contributed by atoms with Crippen LogP contribution in [0.15, 0.2) is 53.4 Å². The van der Waals surface area contributed by atoms with Crippen LogP contribution < -0.4 is 10.1 Å². The molecule has 2 aromatic carbocycles. The molecule has 9 heteroatoms. The number of hydrogen-bond acceptors (Lipinski definition) is 6. The average Bonchev–Trinajstić information content (AvgIpc) is 3.24. The van der Waals surface area contributed by atoms with Gasteiger partial charge in [-0.2, -0.15) is 4.31 Å². The van der Waals surface area contributed by atoms with Crippen LogP contribution in [-0.4, -0.2) is 72.6 Å². The highest BCUT2D eigenvalue weighted by Gasteiger charge is 2.47. The Morgan fingerprint density at radius 1 is 1.09 bits per heavy atom. The van der Waals surface area contributed by atoms with E-state index in [1.165, 1.54) is 17.2 Å². The van der Waals surface area contributed by atoms with Gasteiger partial charge in [-0.25, -0.2) is 8.42 Å². The van der Waals surface area contributed by atoms with Crippen molar-refractivity contribution in [2.75, 3.05) is 26.2 Å². The number of aliphatic hydroxyl groups excluding tert-OH is 1. The molecule has 1 spiro atoms. The number of aliphatic hydroxyl groups is 1. The fourth-order valence-electron chi connectivity index (χ4n) is 5.50. The number of sulfonamides is 1. The van der Waals surface area contributed by atoms with E-state index in [-0.39, 0.29) is 29.5 Å². The smallest absolute Gasteiger partial charge is 0.247 e. The van der Waals surface area contributed by atoms with E-state index in [0.717, 1.165) is 36.8 Å². The molecule has 2 fully saturated rings. The summed E-state index contributed by atoms with van der Waals surface area (Å²) in [5.41, 5.74) is 2.08. The molecule has 2 N–H and O–H groups in total. The summed E-state index contributed by atoms with van der Waals surface area (Å²) in [6, 6.07) is 14.0. The van der Waals surface area contributed by atoms with Crippen molar-refractivity contribution in [3.63, 3.8) is 0 Å². The number of nitrogens with zero attached hydrogens (tertiary/aromatic N) is 2. The third-order valence-corrected chi connectivity index (χ3v) is 9.58. The summed E-state index contributed by atoms with van der Waals surface area (Å²) < 4.78 is 34.1. The summed E-state index contributed by atoms with van der Waals surface area (Å²) in [5.74, 6) is -0.0500. The van der Waals surface area contributed by atoms with Gasteiger partial charge >= 0.3 is 0 Å². The molecule has 0 aromatic heterocycles. The van der Waals surface area contributed by atoms with Crippen molar-refractivity contribution in [1.82, 2.24) is 14.5 Å². The van der Waals surface area contributed by atoms with E-state index in [2.05, 4.69) is 35.3 Å². The Balaban J connectivity index is 1.39. The molecular formula is C26H33N3O5S. The van der Waals surface area contributed by atoms with E-state index >= 15 is 0 Å². The maximum Gasteiger partial charge on any atom is 0.247 e. The number of likely N-dealkylation sites (tertiary alicyclic amines) is 1. The summed E-state index contributed by atoms with van der Waals surface area (Å²) in [6.07, 6.45) is 1.28. The third-order valence-electron chi connectivity index (χ3n) is 7.67. The van der Waals surface area contributed by atoms with Crippen LogP contribution in [0.2, 0.25) is 0 Å². The third kappa shape index (κ3) is 4.82. The van der Waals surface area contributed by atoms with Gasteiger partial charge in [0.25, 0.3) is 0 Å². The van der Waals surface area contributed by atoms with Crippen molar-refractivity contribution in [2.24, 2.45) is 0 Å². The first-order valence-electron chi connectivity index (χ1n) is 12.3. The molecule has 0 bridgehead atoms. The number of ether oxygens (including phenoxy) is 1. The number of hydrogen-bond donors (Lipinski definition) is 2. The lowest BCUT2D eigenvalue weighted by Gasteiger charge is -2.43. The highest BCUT2D eigenvalue weighted by molar-refractivity contribution is 7.89. The molecule has 0 radical (unpaired) electrons. The Morgan fingerprint density at radius 3 is 2.57 bits per heavy atom. The highest BCUT2D eigenvalue weighted by atomic mass is 32.2. The van der Waals surface area contributed by atoms with Crippen LogP contribution in [0.3, 0.4) is 0 Å². The number of rotatable bonds is 2. The normalized spacial score (nSPS) is 26.7. The van der Waals surface area contributed by atoms with Gasteiger partial charge in [0.05, 0.1) is 12.7 Å². The number of fused-ring (bicyclic) bond motifs is 2. The number of aryl methyl sites for hydroxylation is 1. The molecule has 35 heavy (non-hydrogen) atoms. The lowest BCUT2D eigenvalue weighted by molar-refractivity contribution is -0.127. The molecule has 2 atom stereocenters. The Labute approximate surface area is 206 Å². The van der Waals surface area contributed by atoms with E-state index in [0.29, 0.717) is 13.0 Å². The molecule has 0 aliphatic carbocycles. The first-order chi connectivity index (χ1) is 16.8. The van der Waals surface area contributed by atoms with Gasteiger partial charge in [-0.1, -0.05) is 36.4 Å². The number of carbonyl (C=O) groups is 1. The lowest BCUT2D eigenvalue weighted by atomic mass is 9.84. The van der Waals surface area contributed by atoms with E-state index in [1.54, 1.807) is 18.2 Å². The molecule has 3 aliphatic rings. The van der Waals surface area contributed by atoms with Crippen LogP contribution in [0.25, 0.3) is 0 Å². The van der Waals surface area contributed by atoms with Gasteiger partial charge in [-0.15, -0.1) is 0 Å². The molecule has 2 saturated heterocycles. The van der Waals surface area contributed by atoms with Gasteiger partial charge in [0, 0.05) is 44.6 Å². The lowest BCUT2D eigenvalue weighted by Crippen LogP contribution is -2.59. The number of benzene rings is 2. The second kappa shape index (κ2) is 9.54. The first-order valence-corrected chi connectivity index (χ1v) is 13.7. The average molecular weight is 500 g/mol. The fraction of sp³-hybridized carbons (Fsp3) is 0.500. The molecule has 3 aliphatic heterocycles. The molecule has 0 saturated carbocycles. The number of amides is 1. The second-order valence-electron chi connectivity index (χ2n) is 10.00. The van der Waals surface area contributed by atoms with E-state index in [9.17, 15) is 18.3 Å². The maximum absolute atomic E-state index is 13.5. The SMILES string of the molecule is Cc1ccccc1CN1CCC2(CCOc3ccccc3S(=O)(=O)N3C[C@H](O)C[C@H]3C(=O)N2)CC1. The van der Waals surface area contributed by atoms with E-state index in [1.807, 2.05) is 6.07 Å². The predicted octanol–water partition coefficient (Wildman–Crippen LogP) is 2.05. The minimum atomic E-state index is -4.01. The van der Waals surface area contributed by atoms with Crippen LogP contribution in [0.1, 0.15) is 36.8 Å². The predicted molar refractivity (Wildman–Crippen MR) is 131 cm³/mol. The summed E-state index contributed by atoms with van der Waals surface area (Å²) in [7, 11) is -4.01. The van der Waals surface area contributed by atoms with E-state index < -0.39 is 27.7 Å². The van der Waals surface area contributed by atoms with Crippen molar-refractivity contribution in [3.8, 4) is 5.75 Å². The highest BCUT2D eigenvalue weighted by Crippen LogP contribution is 2.35. The molecule has 188 valence electrons. The molecular weight excluding hydrogens is 466 g/mol. The van der Waals surface area contributed by atoms with Crippen LogP contribution in [0.5, 0.6) is 5.75 Å². The minimum absolute atomic E-state index is 0.0379. The van der Waals surface area contributed by atoms with Crippen LogP contribution in [0, 0.1) is 6.92 Å². The van der Waals surface area contributed by atoms with Gasteiger partial charge in [0.1, 0.15) is 16.7 Å². The van der Waals surface area contributed by atoms with Crippen molar-refractivity contribution < 1.29 is 23.1 Å². The number of para-hydroxylation sites is 1. The quantitative estimate of drug-likeness (QED) is 0.656. The molecule has 8 nitrogen and oxygen atoms in total. The summed E-state index contributed by atoms with van der Waals surface area (Å²) in [4.78, 5) is 15.9. The van der Waals surface area contributed by atoms with Crippen molar-refractivity contribution in [3.05, 3.63) is 59.7 Å². The van der Waals surface area contributed by atoms with E-state index in [4.69, 9.17) is 4.74 Å². The standard InChI is InChI=1S/C26H33N3O5S/c1-19-6-2-3-7-20(19)17-28-13-10-26(11-14-28)12-15-34-23-8-4-5-9-24(23)35(32,33)29-18-21(30)16-22(29)25(31)27-26/h2-9,21-22,30H,10-18H2,1H3,(H,27,31)/t21-,22+/m1/s1. The second-order valence-corrected chi connectivity index (χ2v) is 11.9. The summed E-state index contributed by atoms with van der Waals surface area (Å²) in [5, 5.41) is 13.5. The zero-order valence-corrected chi connectivity index (χ0v) is 20.8. The Kier molecular flexibility index (Phi) is 6.61. The molecule has 2 aromatic rings. The Hall–Kier alpha value is -2.46. The van der Waals surface area contributed by atoms with Crippen molar-refractivity contribution >= 4 is 15.9 Å². The van der Waals surface area contributed by atoms with Crippen molar-refractivity contribution in [2.45, 2.75) is 61.7 Å². The fourth-order valence-corrected chi connectivity index (χ4v) is 7.27. The largest absolute Gasteiger partial charge is 0.492 e. The van der Waals surface area contributed by atoms with Gasteiger partial charge < -0.3 is 15.2 Å². The maximum atomic E-state index is 13.5. The molecule has 3 heterocycles. The zero-order valence-electron chi connectivity index (χ0n) is 20.0. The number of nitrogens with one attached hydrogen (secondary N) is 1. The summed E-state index contributed by atoms with van der Waals surface area (Å²) in [6.45, 7) is 4.82. The van der Waals surface area contributed by atoms with Crippen molar-refractivity contribution in [1.29, 1.82) is 0 Å². The summed E-state index contributed by atoms with van der Waals surface area (Å²) >= 11 is 0. The number of carbonyl (C=O) groups excluding carboxylic acids is 1. The van der Waals surface area contributed by atoms with Crippen LogP contribution in [-0.2, 0) is 21.4 Å². The molecule has 0 unspecified atom stereocenters. The van der Waals surface area contributed by atoms with Crippen LogP contribution in [0.4, 0.5) is 0 Å². The number of piperidine rings is 1. The first kappa shape index (κ1) is 24.2. The van der Waals surface area contributed by atoms with Gasteiger partial charge in [-0.05, 0) is 43.0 Å². The van der Waals surface area contributed by atoms with Crippen LogP contribution >= 0.6 is 0 Å². The molecule has 5 rings (SSSR count). The minimum Gasteiger partial charge on any atom is -0.492 e.